The van der Waals surface area contributed by atoms with Gasteiger partial charge < -0.3 is 14.4 Å². The molecule has 17 heavy (non-hydrogen) atoms. The van der Waals surface area contributed by atoms with E-state index in [2.05, 4.69) is 22.2 Å². The maximum absolute atomic E-state index is 5.47. The van der Waals surface area contributed by atoms with Gasteiger partial charge in [-0.25, -0.2) is 5.84 Å². The van der Waals surface area contributed by atoms with Crippen molar-refractivity contribution in [1.82, 2.24) is 10.3 Å². The Bertz CT molecular complexity index is 200. The van der Waals surface area contributed by atoms with E-state index < -0.39 is 0 Å². The third kappa shape index (κ3) is 7.95. The number of hydrazine groups is 1. The smallest absolute Gasteiger partial charge is 0.208 e. The summed E-state index contributed by atoms with van der Waals surface area (Å²) in [6, 6.07) is 0. The molecule has 0 atom stereocenters. The molecule has 0 saturated carbocycles. The van der Waals surface area contributed by atoms with E-state index in [4.69, 9.17) is 15.3 Å². The second-order valence-electron chi connectivity index (χ2n) is 3.47. The lowest BCUT2D eigenvalue weighted by Gasteiger charge is -2.23. The van der Waals surface area contributed by atoms with Gasteiger partial charge in [-0.3, -0.25) is 10.4 Å². The first-order valence-electron chi connectivity index (χ1n) is 6.12. The van der Waals surface area contributed by atoms with Gasteiger partial charge in [0.1, 0.15) is 0 Å². The van der Waals surface area contributed by atoms with Gasteiger partial charge in [0.25, 0.3) is 0 Å². The second kappa shape index (κ2) is 11.6. The molecule has 0 bridgehead atoms. The molecular weight excluding hydrogens is 220 g/mol. The van der Waals surface area contributed by atoms with E-state index in [9.17, 15) is 0 Å². The van der Waals surface area contributed by atoms with Crippen LogP contribution in [-0.2, 0) is 9.47 Å². The van der Waals surface area contributed by atoms with Gasteiger partial charge in [0.05, 0.1) is 6.61 Å². The average Bonchev–Trinajstić information content (AvgIpc) is 2.36. The molecule has 102 valence electrons. The highest BCUT2D eigenvalue weighted by atomic mass is 16.5. The zero-order chi connectivity index (χ0) is 12.9. The summed E-state index contributed by atoms with van der Waals surface area (Å²) in [6.07, 6.45) is 0.894. The summed E-state index contributed by atoms with van der Waals surface area (Å²) in [5.74, 6) is 6.19. The van der Waals surface area contributed by atoms with Gasteiger partial charge in [0, 0.05) is 40.0 Å². The topological polar surface area (TPSA) is 72.1 Å². The molecule has 0 spiro atoms. The minimum Gasteiger partial charge on any atom is -0.385 e. The van der Waals surface area contributed by atoms with Gasteiger partial charge in [-0.15, -0.1) is 0 Å². The Morgan fingerprint density at radius 1 is 1.35 bits per heavy atom. The van der Waals surface area contributed by atoms with Crippen LogP contribution in [0.5, 0.6) is 0 Å². The van der Waals surface area contributed by atoms with Crippen LogP contribution in [0.1, 0.15) is 20.3 Å². The van der Waals surface area contributed by atoms with Crippen molar-refractivity contribution in [3.63, 3.8) is 0 Å². The van der Waals surface area contributed by atoms with Crippen LogP contribution in [0.25, 0.3) is 0 Å². The number of nitrogens with zero attached hydrogens (tertiary/aromatic N) is 2. The highest BCUT2D eigenvalue weighted by molar-refractivity contribution is 5.79. The van der Waals surface area contributed by atoms with Crippen LogP contribution >= 0.6 is 0 Å². The molecule has 0 unspecified atom stereocenters. The molecule has 0 aliphatic rings. The van der Waals surface area contributed by atoms with Gasteiger partial charge in [-0.05, 0) is 20.3 Å². The Balaban J connectivity index is 4.07. The Morgan fingerprint density at radius 2 is 2.12 bits per heavy atom. The van der Waals surface area contributed by atoms with Crippen molar-refractivity contribution in [2.75, 3.05) is 46.6 Å². The maximum atomic E-state index is 5.47. The van der Waals surface area contributed by atoms with Crippen LogP contribution in [0.4, 0.5) is 0 Å². The van der Waals surface area contributed by atoms with E-state index in [1.807, 2.05) is 6.92 Å². The van der Waals surface area contributed by atoms with E-state index in [1.165, 1.54) is 0 Å². The van der Waals surface area contributed by atoms with Gasteiger partial charge in [0.2, 0.25) is 5.96 Å². The molecule has 0 amide bonds. The Labute approximate surface area is 104 Å². The molecule has 0 saturated heterocycles. The molecule has 0 heterocycles. The molecule has 0 aromatic heterocycles. The first kappa shape index (κ1) is 16.1. The Morgan fingerprint density at radius 3 is 2.65 bits per heavy atom. The summed E-state index contributed by atoms with van der Waals surface area (Å²) < 4.78 is 10.3. The molecule has 3 N–H and O–H groups in total. The molecule has 0 aromatic rings. The molecular formula is C11H26N4O2. The van der Waals surface area contributed by atoms with Gasteiger partial charge in [-0.2, -0.15) is 0 Å². The highest BCUT2D eigenvalue weighted by Gasteiger charge is 2.07. The SMILES string of the molecule is CCOCCN(CC)C(=NCCCOC)NN. The molecule has 0 rings (SSSR count). The molecule has 6 nitrogen and oxygen atoms in total. The van der Waals surface area contributed by atoms with Crippen LogP contribution in [0.3, 0.4) is 0 Å². The summed E-state index contributed by atoms with van der Waals surface area (Å²) in [7, 11) is 1.69. The Hall–Kier alpha value is -0.850. The molecule has 0 fully saturated rings. The normalized spacial score (nSPS) is 11.6. The first-order chi connectivity index (χ1) is 8.29. The number of hydrogen-bond acceptors (Lipinski definition) is 4. The molecule has 0 aromatic carbocycles. The predicted molar refractivity (Wildman–Crippen MR) is 69.9 cm³/mol. The van der Waals surface area contributed by atoms with Crippen molar-refractivity contribution in [1.29, 1.82) is 0 Å². The van der Waals surface area contributed by atoms with Crippen LogP contribution in [0, 0.1) is 0 Å². The van der Waals surface area contributed by atoms with E-state index >= 15 is 0 Å². The zero-order valence-corrected chi connectivity index (χ0v) is 11.2. The zero-order valence-electron chi connectivity index (χ0n) is 11.2. The predicted octanol–water partition coefficient (Wildman–Crippen LogP) is 0.201. The van der Waals surface area contributed by atoms with E-state index in [-0.39, 0.29) is 0 Å². The van der Waals surface area contributed by atoms with Gasteiger partial charge in [0.15, 0.2) is 0 Å². The lowest BCUT2D eigenvalue weighted by molar-refractivity contribution is 0.132. The summed E-state index contributed by atoms with van der Waals surface area (Å²) in [4.78, 5) is 6.46. The number of ether oxygens (including phenoxy) is 2. The van der Waals surface area contributed by atoms with Crippen molar-refractivity contribution in [2.45, 2.75) is 20.3 Å². The fourth-order valence-corrected chi connectivity index (χ4v) is 1.36. The van der Waals surface area contributed by atoms with Crippen LogP contribution < -0.4 is 11.3 Å². The van der Waals surface area contributed by atoms with Crippen LogP contribution in [0.2, 0.25) is 0 Å². The summed E-state index contributed by atoms with van der Waals surface area (Å²) in [6.45, 7) is 8.52. The van der Waals surface area contributed by atoms with Crippen molar-refractivity contribution >= 4 is 5.96 Å². The molecule has 0 aliphatic heterocycles. The monoisotopic (exact) mass is 246 g/mol. The van der Waals surface area contributed by atoms with Crippen LogP contribution in [0.15, 0.2) is 4.99 Å². The number of nitrogens with one attached hydrogen (secondary N) is 1. The van der Waals surface area contributed by atoms with Crippen molar-refractivity contribution in [3.05, 3.63) is 0 Å². The van der Waals surface area contributed by atoms with E-state index in [0.29, 0.717) is 25.7 Å². The third-order valence-electron chi connectivity index (χ3n) is 2.29. The summed E-state index contributed by atoms with van der Waals surface area (Å²) >= 11 is 0. The number of aliphatic imine (C=N–C) groups is 1. The van der Waals surface area contributed by atoms with Crippen molar-refractivity contribution in [3.8, 4) is 0 Å². The van der Waals surface area contributed by atoms with Crippen LogP contribution in [-0.4, -0.2) is 57.4 Å². The second-order valence-corrected chi connectivity index (χ2v) is 3.47. The largest absolute Gasteiger partial charge is 0.385 e. The number of nitrogens with two attached hydrogens (primary N) is 1. The van der Waals surface area contributed by atoms with Crippen molar-refractivity contribution < 1.29 is 9.47 Å². The average molecular weight is 246 g/mol. The number of hydrogen-bond donors (Lipinski definition) is 2. The van der Waals surface area contributed by atoms with E-state index in [0.717, 1.165) is 26.1 Å². The van der Waals surface area contributed by atoms with E-state index in [1.54, 1.807) is 7.11 Å². The lowest BCUT2D eigenvalue weighted by Crippen LogP contribution is -2.46. The minimum absolute atomic E-state index is 0.684. The number of methoxy groups -OCH3 is 1. The molecule has 0 aliphatic carbocycles. The van der Waals surface area contributed by atoms with Gasteiger partial charge >= 0.3 is 0 Å². The fraction of sp³-hybridized carbons (Fsp3) is 0.909. The highest BCUT2D eigenvalue weighted by Crippen LogP contribution is 1.92. The maximum Gasteiger partial charge on any atom is 0.208 e. The third-order valence-corrected chi connectivity index (χ3v) is 2.29. The summed E-state index contributed by atoms with van der Waals surface area (Å²) in [5.41, 5.74) is 2.64. The Kier molecular flexibility index (Phi) is 11.0. The summed E-state index contributed by atoms with van der Waals surface area (Å²) in [5, 5.41) is 0. The lowest BCUT2D eigenvalue weighted by atomic mass is 10.4. The van der Waals surface area contributed by atoms with Gasteiger partial charge in [-0.1, -0.05) is 0 Å². The number of rotatable bonds is 9. The number of guanidine groups is 1. The molecule has 6 heteroatoms. The standard InChI is InChI=1S/C11H26N4O2/c1-4-15(8-10-17-5-2)11(14-12)13-7-6-9-16-3/h4-10,12H2,1-3H3,(H,13,14). The minimum atomic E-state index is 0.684. The molecule has 0 radical (unpaired) electrons. The first-order valence-corrected chi connectivity index (χ1v) is 6.12. The fourth-order valence-electron chi connectivity index (χ4n) is 1.36. The van der Waals surface area contributed by atoms with Crippen molar-refractivity contribution in [2.24, 2.45) is 10.8 Å². The quantitative estimate of drug-likeness (QED) is 0.200. The number of likely N-dealkylation sites (N-methyl/N-ethyl adjacent to an activating group) is 1.